The van der Waals surface area contributed by atoms with E-state index in [1.807, 2.05) is 12.3 Å². The first-order valence-electron chi connectivity index (χ1n) is 7.44. The average molecular weight is 274 g/mol. The van der Waals surface area contributed by atoms with Crippen molar-refractivity contribution in [3.63, 3.8) is 0 Å². The molecule has 5 heteroatoms. The van der Waals surface area contributed by atoms with Gasteiger partial charge in [0.15, 0.2) is 0 Å². The number of rotatable bonds is 2. The third-order valence-corrected chi connectivity index (χ3v) is 4.75. The molecule has 2 aliphatic rings. The zero-order chi connectivity index (χ0) is 14.4. The first-order chi connectivity index (χ1) is 9.39. The molecule has 0 saturated carbocycles. The second-order valence-corrected chi connectivity index (χ2v) is 6.75. The van der Waals surface area contributed by atoms with Crippen LogP contribution in [0, 0.1) is 0 Å². The summed E-state index contributed by atoms with van der Waals surface area (Å²) in [6, 6.07) is 4.48. The van der Waals surface area contributed by atoms with E-state index in [0.29, 0.717) is 6.04 Å². The summed E-state index contributed by atoms with van der Waals surface area (Å²) in [6.07, 6.45) is 4.22. The molecule has 4 nitrogen and oxygen atoms in total. The highest BCUT2D eigenvalue weighted by Crippen LogP contribution is 2.36. The molecule has 1 aromatic heterocycles. The lowest BCUT2D eigenvalue weighted by atomic mass is 9.79. The molecule has 1 N–H and O–H groups in total. The van der Waals surface area contributed by atoms with Gasteiger partial charge in [-0.05, 0) is 64.7 Å². The van der Waals surface area contributed by atoms with E-state index in [1.165, 1.54) is 6.42 Å². The van der Waals surface area contributed by atoms with Crippen molar-refractivity contribution in [2.24, 2.45) is 0 Å². The summed E-state index contributed by atoms with van der Waals surface area (Å²) < 4.78 is 12.2. The molecule has 0 spiro atoms. The van der Waals surface area contributed by atoms with Crippen LogP contribution in [0.3, 0.4) is 0 Å². The topological polar surface area (TPSA) is 43.4 Å². The number of hydrogen-bond donors (Lipinski definition) is 1. The lowest BCUT2D eigenvalue weighted by molar-refractivity contribution is 0.00578. The summed E-state index contributed by atoms with van der Waals surface area (Å²) in [4.78, 5) is 4.49. The third-order valence-electron chi connectivity index (χ3n) is 4.75. The lowest BCUT2D eigenvalue weighted by Crippen LogP contribution is -2.41. The molecule has 0 amide bonds. The Bertz CT molecular complexity index is 482. The molecule has 2 fully saturated rings. The molecule has 0 bridgehead atoms. The molecule has 1 atom stereocenters. The van der Waals surface area contributed by atoms with E-state index in [4.69, 9.17) is 9.31 Å². The van der Waals surface area contributed by atoms with Gasteiger partial charge in [-0.2, -0.15) is 0 Å². The van der Waals surface area contributed by atoms with Crippen molar-refractivity contribution in [3.05, 3.63) is 24.0 Å². The van der Waals surface area contributed by atoms with E-state index in [0.717, 1.165) is 24.1 Å². The van der Waals surface area contributed by atoms with E-state index in [1.54, 1.807) is 0 Å². The highest BCUT2D eigenvalue weighted by Gasteiger charge is 2.51. The van der Waals surface area contributed by atoms with Crippen molar-refractivity contribution < 1.29 is 9.31 Å². The van der Waals surface area contributed by atoms with Gasteiger partial charge < -0.3 is 14.6 Å². The first kappa shape index (κ1) is 14.0. The second-order valence-electron chi connectivity index (χ2n) is 6.75. The number of aromatic nitrogens is 1. The minimum absolute atomic E-state index is 0.299. The normalized spacial score (nSPS) is 28.0. The monoisotopic (exact) mass is 274 g/mol. The van der Waals surface area contributed by atoms with E-state index in [-0.39, 0.29) is 18.3 Å². The zero-order valence-corrected chi connectivity index (χ0v) is 12.8. The van der Waals surface area contributed by atoms with Crippen molar-refractivity contribution in [2.45, 2.75) is 57.8 Å². The van der Waals surface area contributed by atoms with Gasteiger partial charge in [0.25, 0.3) is 0 Å². The molecular weight excluding hydrogens is 251 g/mol. The summed E-state index contributed by atoms with van der Waals surface area (Å²) >= 11 is 0. The van der Waals surface area contributed by atoms with Gasteiger partial charge in [0.05, 0.1) is 16.9 Å². The fourth-order valence-electron chi connectivity index (χ4n) is 2.72. The van der Waals surface area contributed by atoms with Gasteiger partial charge in [-0.1, -0.05) is 0 Å². The van der Waals surface area contributed by atoms with Crippen LogP contribution >= 0.6 is 0 Å². The maximum Gasteiger partial charge on any atom is 0.494 e. The summed E-state index contributed by atoms with van der Waals surface area (Å²) in [6.45, 7) is 9.38. The smallest absolute Gasteiger partial charge is 0.399 e. The molecule has 0 radical (unpaired) electrons. The van der Waals surface area contributed by atoms with Crippen molar-refractivity contribution >= 4 is 12.6 Å². The number of hydrogen-bond acceptors (Lipinski definition) is 4. The van der Waals surface area contributed by atoms with Crippen LogP contribution in [0.2, 0.25) is 0 Å². The molecule has 1 aromatic rings. The summed E-state index contributed by atoms with van der Waals surface area (Å²) in [7, 11) is -0.303. The van der Waals surface area contributed by atoms with Gasteiger partial charge in [-0.25, -0.2) is 0 Å². The van der Waals surface area contributed by atoms with Gasteiger partial charge in [0.2, 0.25) is 0 Å². The van der Waals surface area contributed by atoms with Gasteiger partial charge in [-0.15, -0.1) is 0 Å². The Balaban J connectivity index is 1.83. The van der Waals surface area contributed by atoms with Crippen LogP contribution in [0.1, 0.15) is 52.3 Å². The maximum absolute atomic E-state index is 6.10. The highest BCUT2D eigenvalue weighted by atomic mass is 16.7. The van der Waals surface area contributed by atoms with Gasteiger partial charge in [-0.3, -0.25) is 4.98 Å². The van der Waals surface area contributed by atoms with E-state index >= 15 is 0 Å². The predicted octanol–water partition coefficient (Wildman–Crippen LogP) is 1.81. The molecule has 3 rings (SSSR count). The average Bonchev–Trinajstić information content (AvgIpc) is 2.97. The SMILES string of the molecule is CC1(C)OB(c2ccnc([C@@H]3CCCN3)c2)OC1(C)C. The summed E-state index contributed by atoms with van der Waals surface area (Å²) in [5.74, 6) is 0. The molecule has 0 aromatic carbocycles. The van der Waals surface area contributed by atoms with Crippen molar-refractivity contribution in [1.82, 2.24) is 10.3 Å². The minimum atomic E-state index is -0.303. The standard InChI is InChI=1S/C15H23BN2O2/c1-14(2)15(3,4)20-16(19-14)11-7-9-18-13(10-11)12-6-5-8-17-12/h7,9-10,12,17H,5-6,8H2,1-4H3/t12-/m0/s1. The fourth-order valence-corrected chi connectivity index (χ4v) is 2.72. The number of nitrogens with one attached hydrogen (secondary N) is 1. The Labute approximate surface area is 121 Å². The van der Waals surface area contributed by atoms with E-state index in [2.05, 4.69) is 44.1 Å². The molecular formula is C15H23BN2O2. The summed E-state index contributed by atoms with van der Waals surface area (Å²) in [5, 5.41) is 3.48. The molecule has 0 unspecified atom stereocenters. The Kier molecular flexibility index (Phi) is 3.39. The summed E-state index contributed by atoms with van der Waals surface area (Å²) in [5.41, 5.74) is 1.55. The van der Waals surface area contributed by atoms with Crippen LogP contribution < -0.4 is 10.8 Å². The van der Waals surface area contributed by atoms with Gasteiger partial charge in [0.1, 0.15) is 0 Å². The van der Waals surface area contributed by atoms with Crippen LogP contribution in [-0.4, -0.2) is 29.8 Å². The Morgan fingerprint density at radius 2 is 1.95 bits per heavy atom. The number of pyridine rings is 1. The van der Waals surface area contributed by atoms with Crippen molar-refractivity contribution in [2.75, 3.05) is 6.54 Å². The quantitative estimate of drug-likeness (QED) is 0.835. The van der Waals surface area contributed by atoms with Crippen molar-refractivity contribution in [1.29, 1.82) is 0 Å². The van der Waals surface area contributed by atoms with Crippen LogP contribution in [-0.2, 0) is 9.31 Å². The zero-order valence-electron chi connectivity index (χ0n) is 12.8. The lowest BCUT2D eigenvalue weighted by Gasteiger charge is -2.32. The molecule has 20 heavy (non-hydrogen) atoms. The predicted molar refractivity (Wildman–Crippen MR) is 79.9 cm³/mol. The van der Waals surface area contributed by atoms with Gasteiger partial charge in [0, 0.05) is 12.2 Å². The van der Waals surface area contributed by atoms with E-state index < -0.39 is 0 Å². The Morgan fingerprint density at radius 1 is 1.25 bits per heavy atom. The minimum Gasteiger partial charge on any atom is -0.399 e. The fraction of sp³-hybridized carbons (Fsp3) is 0.667. The van der Waals surface area contributed by atoms with Crippen LogP contribution in [0.4, 0.5) is 0 Å². The van der Waals surface area contributed by atoms with Gasteiger partial charge >= 0.3 is 7.12 Å². The van der Waals surface area contributed by atoms with Crippen LogP contribution in [0.15, 0.2) is 18.3 Å². The highest BCUT2D eigenvalue weighted by molar-refractivity contribution is 6.62. The Morgan fingerprint density at radius 3 is 2.55 bits per heavy atom. The first-order valence-corrected chi connectivity index (χ1v) is 7.44. The number of nitrogens with zero attached hydrogens (tertiary/aromatic N) is 1. The largest absolute Gasteiger partial charge is 0.494 e. The molecule has 3 heterocycles. The molecule has 0 aliphatic carbocycles. The van der Waals surface area contributed by atoms with Crippen molar-refractivity contribution in [3.8, 4) is 0 Å². The van der Waals surface area contributed by atoms with Crippen LogP contribution in [0.5, 0.6) is 0 Å². The van der Waals surface area contributed by atoms with Crippen LogP contribution in [0.25, 0.3) is 0 Å². The molecule has 2 saturated heterocycles. The molecule has 108 valence electrons. The third kappa shape index (κ3) is 2.38. The maximum atomic E-state index is 6.10. The second kappa shape index (κ2) is 4.83. The molecule has 2 aliphatic heterocycles. The Hall–Kier alpha value is -0.905. The van der Waals surface area contributed by atoms with E-state index in [9.17, 15) is 0 Å².